The van der Waals surface area contributed by atoms with Crippen LogP contribution >= 0.6 is 0 Å². The number of benzene rings is 6. The molecule has 0 fully saturated rings. The molecule has 2 nitrogen and oxygen atoms in total. The Bertz CT molecular complexity index is 1910. The second-order valence-electron chi connectivity index (χ2n) is 11.2. The molecule has 4 heteroatoms. The average molecular weight is 849 g/mol. The van der Waals surface area contributed by atoms with E-state index in [2.05, 4.69) is 182 Å². The number of hydrogen-bond donors (Lipinski definition) is 2. The monoisotopic (exact) mass is 850 g/mol. The molecule has 0 unspecified atom stereocenters. The molecule has 0 saturated heterocycles. The zero-order chi connectivity index (χ0) is 35.2. The minimum atomic E-state index is 0. The molecule has 2 N–H and O–H groups in total. The second-order valence-corrected chi connectivity index (χ2v) is 12.9. The van der Waals surface area contributed by atoms with Crippen LogP contribution in [0.5, 0.6) is 0 Å². The van der Waals surface area contributed by atoms with Crippen molar-refractivity contribution in [2.75, 3.05) is 13.2 Å². The van der Waals surface area contributed by atoms with Crippen LogP contribution in [0.25, 0.3) is 43.1 Å². The molecule has 0 heterocycles. The van der Waals surface area contributed by atoms with Crippen LogP contribution in [0.1, 0.15) is 20.3 Å². The van der Waals surface area contributed by atoms with Gasteiger partial charge in [-0.25, -0.2) is 12.2 Å². The van der Waals surface area contributed by atoms with Crippen molar-refractivity contribution in [3.63, 3.8) is 0 Å². The summed E-state index contributed by atoms with van der Waals surface area (Å²) in [5.41, 5.74) is 0. The Balaban J connectivity index is 0.000000179. The van der Waals surface area contributed by atoms with Crippen LogP contribution in [0.4, 0.5) is 0 Å². The fourth-order valence-corrected chi connectivity index (χ4v) is 6.65. The van der Waals surface area contributed by atoms with Crippen molar-refractivity contribution in [1.29, 1.82) is 0 Å². The van der Waals surface area contributed by atoms with Crippen LogP contribution in [-0.4, -0.2) is 32.9 Å². The summed E-state index contributed by atoms with van der Waals surface area (Å²) in [6.07, 6.45) is 10.0. The van der Waals surface area contributed by atoms with Crippen molar-refractivity contribution in [3.8, 4) is 0 Å². The van der Waals surface area contributed by atoms with Gasteiger partial charge in [0, 0.05) is 39.1 Å². The maximum absolute atomic E-state index is 7.57. The first-order valence-electron chi connectivity index (χ1n) is 17.1. The summed E-state index contributed by atoms with van der Waals surface area (Å²) in [6, 6.07) is 59.9. The normalized spacial score (nSPS) is 10.6. The third-order valence-corrected chi connectivity index (χ3v) is 9.00. The van der Waals surface area contributed by atoms with E-state index in [9.17, 15) is 0 Å². The fraction of sp³-hybridized carbons (Fsp3) is 0.106. The first-order valence-corrected chi connectivity index (χ1v) is 18.3. The Labute approximate surface area is 324 Å². The summed E-state index contributed by atoms with van der Waals surface area (Å²) < 4.78 is 0. The number of hydrogen-bond acceptors (Lipinski definition) is 2. The minimum absolute atomic E-state index is 0. The van der Waals surface area contributed by atoms with Gasteiger partial charge in [-0.1, -0.05) is 144 Å². The molecule has 0 atom stereocenters. The Hall–Kier alpha value is -4.45. The summed E-state index contributed by atoms with van der Waals surface area (Å²) in [5.74, 6) is 0. The van der Waals surface area contributed by atoms with Crippen molar-refractivity contribution in [2.45, 2.75) is 20.3 Å². The number of aliphatic hydroxyl groups excluding tert-OH is 2. The Kier molecular flexibility index (Phi) is 19.2. The van der Waals surface area contributed by atoms with E-state index >= 15 is 0 Å². The smallest absolute Gasteiger partial charge is 0.103 e. The van der Waals surface area contributed by atoms with Gasteiger partial charge >= 0.3 is 0 Å². The zero-order valence-corrected chi connectivity index (χ0v) is 34.2. The predicted molar refractivity (Wildman–Crippen MR) is 220 cm³/mol. The number of allylic oxidation sites excluding steroid dienone is 4. The van der Waals surface area contributed by atoms with Crippen molar-refractivity contribution in [3.05, 3.63) is 194 Å². The van der Waals surface area contributed by atoms with Crippen molar-refractivity contribution in [2.24, 2.45) is 0 Å². The molecular weight excluding hydrogens is 803 g/mol. The Morgan fingerprint density at radius 2 is 0.784 bits per heavy atom. The van der Waals surface area contributed by atoms with E-state index in [-0.39, 0.29) is 48.6 Å². The zero-order valence-electron chi connectivity index (χ0n) is 29.5. The summed E-state index contributed by atoms with van der Waals surface area (Å²) in [5, 5.41) is 28.8. The van der Waals surface area contributed by atoms with Crippen LogP contribution in [0, 0.1) is 6.08 Å². The fourth-order valence-electron chi connectivity index (χ4n) is 5.44. The van der Waals surface area contributed by atoms with E-state index in [0.717, 1.165) is 6.42 Å². The van der Waals surface area contributed by atoms with E-state index in [4.69, 9.17) is 10.2 Å². The molecule has 0 amide bonds. The largest absolute Gasteiger partial charge is 0.397 e. The third-order valence-electron chi connectivity index (χ3n) is 7.56. The molecule has 8 aromatic rings. The molecule has 0 aromatic heterocycles. The summed E-state index contributed by atoms with van der Waals surface area (Å²) in [7, 11) is 0.271. The van der Waals surface area contributed by atoms with E-state index in [1.165, 1.54) is 53.5 Å². The molecule has 8 aromatic carbocycles. The standard InChI is InChI=1S/2C13H9.C12H11Si.C5H5.2C2H6O.Hf/c2*1-3-7-12-10(5-1)9-11-6-2-4-8-13(11)12;1-3-7-11(8-4-1)13-12-9-5-2-6-10-12;1-2-4-5-3-1;2*1-2-3;/h2*1-9H;1-10,13H;1-3H,4H2;2*3H,2H2,1H3;/q2*-1;;-1;;;. The topological polar surface area (TPSA) is 40.5 Å². The van der Waals surface area contributed by atoms with Gasteiger partial charge in [0.2, 0.25) is 0 Å². The molecule has 257 valence electrons. The quantitative estimate of drug-likeness (QED) is 0.134. The maximum atomic E-state index is 7.57. The summed E-state index contributed by atoms with van der Waals surface area (Å²) >= 11 is 0. The van der Waals surface area contributed by atoms with Gasteiger partial charge < -0.3 is 10.2 Å². The molecule has 1 aliphatic rings. The second kappa shape index (κ2) is 23.9. The molecule has 9 rings (SSSR count). The number of aliphatic hydroxyl groups is 2. The van der Waals surface area contributed by atoms with Crippen molar-refractivity contribution in [1.82, 2.24) is 0 Å². The van der Waals surface area contributed by atoms with E-state index < -0.39 is 0 Å². The van der Waals surface area contributed by atoms with Crippen LogP contribution in [0.15, 0.2) is 188 Å². The number of fused-ring (bicyclic) bond motifs is 6. The van der Waals surface area contributed by atoms with Gasteiger partial charge in [-0.15, -0.1) is 85.9 Å². The molecule has 1 radical (unpaired) electrons. The average Bonchev–Trinajstić information content (AvgIpc) is 3.94. The Morgan fingerprint density at radius 1 is 0.490 bits per heavy atom. The minimum Gasteiger partial charge on any atom is -0.397 e. The Morgan fingerprint density at radius 3 is 1.04 bits per heavy atom. The SMILES string of the molecule is CCO.CCO.[C-]1=CC=CC1.[Hf].c1ccc([SiH]c2ccccc2)cc1.c1ccc2c(c1)[cH-]c1ccccc12.c1ccc2c(c1)[cH-]c1ccccc12. The molecule has 0 bridgehead atoms. The first kappa shape index (κ1) is 41.0. The van der Waals surface area contributed by atoms with Crippen LogP contribution < -0.4 is 10.4 Å². The maximum Gasteiger partial charge on any atom is 0.103 e. The van der Waals surface area contributed by atoms with Gasteiger partial charge in [-0.3, -0.25) is 6.08 Å². The summed E-state index contributed by atoms with van der Waals surface area (Å²) in [6.45, 7) is 3.86. The van der Waals surface area contributed by atoms with Crippen LogP contribution in [-0.2, 0) is 25.8 Å². The van der Waals surface area contributed by atoms with Gasteiger partial charge in [0.25, 0.3) is 0 Å². The molecule has 1 aliphatic carbocycles. The molecule has 0 spiro atoms. The van der Waals surface area contributed by atoms with E-state index in [1.54, 1.807) is 13.8 Å². The summed E-state index contributed by atoms with van der Waals surface area (Å²) in [4.78, 5) is 0. The predicted octanol–water partition coefficient (Wildman–Crippen LogP) is 9.80. The van der Waals surface area contributed by atoms with E-state index in [1.807, 2.05) is 12.2 Å². The van der Waals surface area contributed by atoms with Gasteiger partial charge in [0.15, 0.2) is 0 Å². The van der Waals surface area contributed by atoms with Crippen molar-refractivity contribution >= 4 is 63.0 Å². The molecule has 51 heavy (non-hydrogen) atoms. The third kappa shape index (κ3) is 13.3. The van der Waals surface area contributed by atoms with Crippen LogP contribution in [0.3, 0.4) is 0 Å². The van der Waals surface area contributed by atoms with Gasteiger partial charge in [-0.05, 0) is 13.8 Å². The van der Waals surface area contributed by atoms with Crippen LogP contribution in [0.2, 0.25) is 0 Å². The molecule has 0 aliphatic heterocycles. The van der Waals surface area contributed by atoms with Gasteiger partial charge in [0.05, 0.1) is 0 Å². The first-order chi connectivity index (χ1) is 24.7. The molecule has 0 saturated carbocycles. The van der Waals surface area contributed by atoms with Gasteiger partial charge in [0.1, 0.15) is 9.52 Å². The van der Waals surface area contributed by atoms with E-state index in [0.29, 0.717) is 0 Å². The van der Waals surface area contributed by atoms with Crippen molar-refractivity contribution < 1.29 is 36.1 Å². The van der Waals surface area contributed by atoms with Gasteiger partial charge in [-0.2, -0.15) is 6.08 Å². The number of rotatable bonds is 2. The molecular formula is C47H46HfO2Si-3.